The number of benzene rings is 8. The SMILES string of the molecule is c1ccc(-c2nc(-c3ccc4oc5ccccc5c4c3)nc(-n3c4cccc5c6cc7ccccc7cc6c6cccc3c6c54)n2)cc1. The Bertz CT molecular complexity index is 2960. The maximum absolute atomic E-state index is 6.14. The van der Waals surface area contributed by atoms with Crippen LogP contribution in [0.2, 0.25) is 0 Å². The van der Waals surface area contributed by atoms with E-state index in [4.69, 9.17) is 19.4 Å². The first-order valence-corrected chi connectivity index (χ1v) is 16.1. The van der Waals surface area contributed by atoms with Gasteiger partial charge < -0.3 is 4.42 Å². The van der Waals surface area contributed by atoms with Crippen molar-refractivity contribution in [3.05, 3.63) is 146 Å². The van der Waals surface area contributed by atoms with E-state index in [0.717, 1.165) is 44.1 Å². The summed E-state index contributed by atoms with van der Waals surface area (Å²) in [5.74, 6) is 1.82. The lowest BCUT2D eigenvalue weighted by Gasteiger charge is -2.11. The molecule has 48 heavy (non-hydrogen) atoms. The molecule has 0 fully saturated rings. The van der Waals surface area contributed by atoms with Crippen LogP contribution in [-0.4, -0.2) is 19.5 Å². The molecule has 8 aromatic carbocycles. The summed E-state index contributed by atoms with van der Waals surface area (Å²) in [4.78, 5) is 15.5. The van der Waals surface area contributed by atoms with Crippen LogP contribution in [-0.2, 0) is 0 Å². The van der Waals surface area contributed by atoms with Crippen molar-refractivity contribution >= 4 is 76.1 Å². The number of aromatic nitrogens is 4. The number of hydrogen-bond donors (Lipinski definition) is 0. The molecule has 5 nitrogen and oxygen atoms in total. The van der Waals surface area contributed by atoms with E-state index in [1.165, 1.54) is 43.1 Å². The van der Waals surface area contributed by atoms with Crippen LogP contribution in [0.4, 0.5) is 0 Å². The molecular formula is C43H24N4O. The zero-order valence-corrected chi connectivity index (χ0v) is 25.6. The standard InChI is InChI=1S/C43H24N4O/c1-2-10-25(11-3-1)41-44-42(28-20-21-38-34(24-28)29-14-6-7-19-37(29)48-38)46-43(45-41)47-35-17-8-15-30-32-22-26-12-4-5-13-27(26)23-33(32)31-16-9-18-36(47)40(31)39(30)35/h1-24H. The molecule has 0 aliphatic carbocycles. The van der Waals surface area contributed by atoms with E-state index in [0.29, 0.717) is 17.6 Å². The molecule has 0 radical (unpaired) electrons. The Labute approximate surface area is 273 Å². The number of furan rings is 1. The van der Waals surface area contributed by atoms with Crippen molar-refractivity contribution in [1.29, 1.82) is 0 Å². The van der Waals surface area contributed by atoms with Crippen LogP contribution in [0.5, 0.6) is 0 Å². The first-order chi connectivity index (χ1) is 23.8. The third-order valence-corrected chi connectivity index (χ3v) is 9.77. The number of para-hydroxylation sites is 1. The Kier molecular flexibility index (Phi) is 5.05. The topological polar surface area (TPSA) is 56.7 Å². The van der Waals surface area contributed by atoms with Crippen molar-refractivity contribution in [2.24, 2.45) is 0 Å². The molecule has 0 N–H and O–H groups in total. The number of hydrogen-bond acceptors (Lipinski definition) is 4. The zero-order valence-electron chi connectivity index (χ0n) is 25.6. The average molecular weight is 613 g/mol. The van der Waals surface area contributed by atoms with Crippen LogP contribution in [0.1, 0.15) is 0 Å². The molecule has 11 rings (SSSR count). The smallest absolute Gasteiger partial charge is 0.238 e. The maximum Gasteiger partial charge on any atom is 0.238 e. The van der Waals surface area contributed by atoms with Gasteiger partial charge in [0.25, 0.3) is 0 Å². The molecule has 11 aromatic rings. The van der Waals surface area contributed by atoms with Gasteiger partial charge in [0.05, 0.1) is 11.0 Å². The van der Waals surface area contributed by atoms with E-state index >= 15 is 0 Å². The molecule has 0 amide bonds. The minimum absolute atomic E-state index is 0.585. The highest BCUT2D eigenvalue weighted by Gasteiger charge is 2.22. The van der Waals surface area contributed by atoms with Gasteiger partial charge in [0, 0.05) is 32.7 Å². The number of nitrogens with zero attached hydrogens (tertiary/aromatic N) is 4. The molecular weight excluding hydrogens is 589 g/mol. The van der Waals surface area contributed by atoms with Crippen LogP contribution in [0.3, 0.4) is 0 Å². The van der Waals surface area contributed by atoms with E-state index < -0.39 is 0 Å². The Morgan fingerprint density at radius 3 is 1.69 bits per heavy atom. The summed E-state index contributed by atoms with van der Waals surface area (Å²) < 4.78 is 8.35. The van der Waals surface area contributed by atoms with Gasteiger partial charge in [-0.25, -0.2) is 4.98 Å². The van der Waals surface area contributed by atoms with E-state index in [1.807, 2.05) is 60.7 Å². The highest BCUT2D eigenvalue weighted by atomic mass is 16.3. The Morgan fingerprint density at radius 1 is 0.396 bits per heavy atom. The predicted octanol–water partition coefficient (Wildman–Crippen LogP) is 11.1. The van der Waals surface area contributed by atoms with Gasteiger partial charge in [0.2, 0.25) is 5.95 Å². The first kappa shape index (κ1) is 25.6. The van der Waals surface area contributed by atoms with Crippen LogP contribution >= 0.6 is 0 Å². The normalized spacial score (nSPS) is 12.2. The van der Waals surface area contributed by atoms with E-state index in [1.54, 1.807) is 0 Å². The fraction of sp³-hybridized carbons (Fsp3) is 0. The lowest BCUT2D eigenvalue weighted by molar-refractivity contribution is 0.669. The fourth-order valence-electron chi connectivity index (χ4n) is 7.63. The van der Waals surface area contributed by atoms with Gasteiger partial charge in [-0.15, -0.1) is 0 Å². The van der Waals surface area contributed by atoms with Crippen LogP contribution in [0.15, 0.2) is 150 Å². The molecule has 3 aromatic heterocycles. The van der Waals surface area contributed by atoms with Gasteiger partial charge in [-0.05, 0) is 80.8 Å². The molecule has 5 heteroatoms. The van der Waals surface area contributed by atoms with Gasteiger partial charge in [-0.3, -0.25) is 4.57 Å². The summed E-state index contributed by atoms with van der Waals surface area (Å²) in [7, 11) is 0. The quantitative estimate of drug-likeness (QED) is 0.147. The van der Waals surface area contributed by atoms with Gasteiger partial charge in [0.15, 0.2) is 11.6 Å². The summed E-state index contributed by atoms with van der Waals surface area (Å²) in [6.07, 6.45) is 0. The van der Waals surface area contributed by atoms with Crippen LogP contribution < -0.4 is 0 Å². The largest absolute Gasteiger partial charge is 0.456 e. The third-order valence-electron chi connectivity index (χ3n) is 9.77. The Morgan fingerprint density at radius 2 is 0.979 bits per heavy atom. The van der Waals surface area contributed by atoms with E-state index in [2.05, 4.69) is 89.5 Å². The van der Waals surface area contributed by atoms with Crippen molar-refractivity contribution in [1.82, 2.24) is 19.5 Å². The van der Waals surface area contributed by atoms with Crippen molar-refractivity contribution < 1.29 is 4.42 Å². The number of rotatable bonds is 3. The van der Waals surface area contributed by atoms with E-state index in [9.17, 15) is 0 Å². The van der Waals surface area contributed by atoms with Crippen molar-refractivity contribution in [2.75, 3.05) is 0 Å². The summed E-state index contributed by atoms with van der Waals surface area (Å²) in [5, 5.41) is 12.0. The summed E-state index contributed by atoms with van der Waals surface area (Å²) in [6.45, 7) is 0. The average Bonchev–Trinajstić information content (AvgIpc) is 3.70. The van der Waals surface area contributed by atoms with Crippen LogP contribution in [0.25, 0.3) is 105 Å². The molecule has 222 valence electrons. The highest BCUT2D eigenvalue weighted by Crippen LogP contribution is 2.44. The molecule has 0 atom stereocenters. The lowest BCUT2D eigenvalue weighted by Crippen LogP contribution is -2.06. The minimum atomic E-state index is 0.585. The molecule has 0 unspecified atom stereocenters. The molecule has 0 saturated carbocycles. The zero-order chi connectivity index (χ0) is 31.3. The number of fused-ring (bicyclic) bond motifs is 7. The monoisotopic (exact) mass is 612 g/mol. The second kappa shape index (κ2) is 9.47. The molecule has 0 saturated heterocycles. The summed E-state index contributed by atoms with van der Waals surface area (Å²) >= 11 is 0. The van der Waals surface area contributed by atoms with E-state index in [-0.39, 0.29) is 0 Å². The minimum Gasteiger partial charge on any atom is -0.456 e. The fourth-order valence-corrected chi connectivity index (χ4v) is 7.63. The highest BCUT2D eigenvalue weighted by molar-refractivity contribution is 6.35. The Hall–Kier alpha value is -6.59. The lowest BCUT2D eigenvalue weighted by atomic mass is 9.92. The van der Waals surface area contributed by atoms with Crippen molar-refractivity contribution in [3.8, 4) is 28.7 Å². The summed E-state index contributed by atoms with van der Waals surface area (Å²) in [5.41, 5.74) is 5.68. The summed E-state index contributed by atoms with van der Waals surface area (Å²) in [6, 6.07) is 50.9. The second-order valence-electron chi connectivity index (χ2n) is 12.4. The molecule has 0 aliphatic rings. The first-order valence-electron chi connectivity index (χ1n) is 16.1. The van der Waals surface area contributed by atoms with Gasteiger partial charge in [0.1, 0.15) is 11.2 Å². The molecule has 0 bridgehead atoms. The van der Waals surface area contributed by atoms with Crippen molar-refractivity contribution in [3.63, 3.8) is 0 Å². The van der Waals surface area contributed by atoms with Crippen LogP contribution in [0, 0.1) is 0 Å². The Balaban J connectivity index is 1.24. The predicted molar refractivity (Wildman–Crippen MR) is 196 cm³/mol. The maximum atomic E-state index is 6.14. The molecule has 3 heterocycles. The second-order valence-corrected chi connectivity index (χ2v) is 12.4. The molecule has 0 aliphatic heterocycles. The van der Waals surface area contributed by atoms with Gasteiger partial charge >= 0.3 is 0 Å². The van der Waals surface area contributed by atoms with Crippen molar-refractivity contribution in [2.45, 2.75) is 0 Å². The third kappa shape index (κ3) is 3.53. The van der Waals surface area contributed by atoms with Gasteiger partial charge in [-0.1, -0.05) is 97.1 Å². The van der Waals surface area contributed by atoms with Gasteiger partial charge in [-0.2, -0.15) is 9.97 Å². The molecule has 0 spiro atoms.